The Kier molecular flexibility index (Phi) is 6.49. The van der Waals surface area contributed by atoms with Crippen LogP contribution in [-0.4, -0.2) is 28.8 Å². The van der Waals surface area contributed by atoms with Crippen LogP contribution in [0.25, 0.3) is 5.69 Å². The third kappa shape index (κ3) is 4.79. The highest BCUT2D eigenvalue weighted by atomic mass is 79.9. The molecule has 1 amide bonds. The molecule has 1 aromatic heterocycles. The summed E-state index contributed by atoms with van der Waals surface area (Å²) in [4.78, 5) is 24.5. The Balaban J connectivity index is 1.82. The van der Waals surface area contributed by atoms with Crippen molar-refractivity contribution in [3.63, 3.8) is 0 Å². The first-order valence-electron chi connectivity index (χ1n) is 8.41. The molecule has 3 aromatic rings. The SMILES string of the molecule is COC(=O)CC(NC(=O)c1ccn(-c2ccccc2Cl)n1)c1cccc(Br)c1. The van der Waals surface area contributed by atoms with Gasteiger partial charge in [0.25, 0.3) is 5.91 Å². The molecule has 3 rings (SSSR count). The van der Waals surface area contributed by atoms with Crippen LogP contribution in [0.4, 0.5) is 0 Å². The molecular formula is C20H17BrClN3O3. The average Bonchev–Trinajstić information content (AvgIpc) is 3.17. The minimum Gasteiger partial charge on any atom is -0.469 e. The highest BCUT2D eigenvalue weighted by Gasteiger charge is 2.21. The van der Waals surface area contributed by atoms with E-state index in [1.807, 2.05) is 36.4 Å². The number of hydrogen-bond donors (Lipinski definition) is 1. The van der Waals surface area contributed by atoms with Crippen molar-refractivity contribution in [2.75, 3.05) is 7.11 Å². The topological polar surface area (TPSA) is 73.2 Å². The third-order valence-corrected chi connectivity index (χ3v) is 4.89. The molecule has 2 aromatic carbocycles. The predicted octanol–water partition coefficient (Wildman–Crippen LogP) is 4.32. The lowest BCUT2D eigenvalue weighted by Gasteiger charge is -2.18. The van der Waals surface area contributed by atoms with E-state index in [0.717, 1.165) is 10.0 Å². The summed E-state index contributed by atoms with van der Waals surface area (Å²) in [5.74, 6) is -0.827. The summed E-state index contributed by atoms with van der Waals surface area (Å²) in [5, 5.41) is 7.68. The molecule has 0 saturated carbocycles. The second kappa shape index (κ2) is 9.03. The number of hydrogen-bond acceptors (Lipinski definition) is 4. The first-order valence-corrected chi connectivity index (χ1v) is 9.58. The quantitative estimate of drug-likeness (QED) is 0.554. The van der Waals surface area contributed by atoms with Gasteiger partial charge in [0.1, 0.15) is 0 Å². The summed E-state index contributed by atoms with van der Waals surface area (Å²) in [6.07, 6.45) is 1.66. The maximum atomic E-state index is 12.7. The van der Waals surface area contributed by atoms with Gasteiger partial charge in [-0.1, -0.05) is 51.8 Å². The molecule has 1 heterocycles. The van der Waals surface area contributed by atoms with Crippen molar-refractivity contribution >= 4 is 39.4 Å². The van der Waals surface area contributed by atoms with Crippen LogP contribution in [0.1, 0.15) is 28.5 Å². The number of esters is 1. The van der Waals surface area contributed by atoms with Crippen molar-refractivity contribution in [3.8, 4) is 5.69 Å². The molecule has 0 saturated heterocycles. The van der Waals surface area contributed by atoms with E-state index in [1.54, 1.807) is 24.4 Å². The van der Waals surface area contributed by atoms with Crippen molar-refractivity contribution in [1.29, 1.82) is 0 Å². The Morgan fingerprint density at radius 2 is 2.00 bits per heavy atom. The van der Waals surface area contributed by atoms with Gasteiger partial charge in [0.15, 0.2) is 5.69 Å². The number of carbonyl (C=O) groups is 2. The molecule has 0 fully saturated rings. The molecule has 0 spiro atoms. The maximum Gasteiger partial charge on any atom is 0.307 e. The van der Waals surface area contributed by atoms with Crippen LogP contribution in [0.15, 0.2) is 65.3 Å². The van der Waals surface area contributed by atoms with Crippen molar-refractivity contribution < 1.29 is 14.3 Å². The standard InChI is InChI=1S/C20H17BrClN3O3/c1-28-19(26)12-17(13-5-4-6-14(21)11-13)23-20(27)16-9-10-25(24-16)18-8-3-2-7-15(18)22/h2-11,17H,12H2,1H3,(H,23,27). The van der Waals surface area contributed by atoms with E-state index in [4.69, 9.17) is 16.3 Å². The Morgan fingerprint density at radius 1 is 1.21 bits per heavy atom. The summed E-state index contributed by atoms with van der Waals surface area (Å²) < 4.78 is 7.14. The molecule has 0 aliphatic rings. The van der Waals surface area contributed by atoms with Gasteiger partial charge in [-0.15, -0.1) is 0 Å². The van der Waals surface area contributed by atoms with Crippen LogP contribution in [0.5, 0.6) is 0 Å². The molecule has 1 unspecified atom stereocenters. The number of benzene rings is 2. The zero-order valence-corrected chi connectivity index (χ0v) is 17.3. The summed E-state index contributed by atoms with van der Waals surface area (Å²) in [6.45, 7) is 0. The summed E-state index contributed by atoms with van der Waals surface area (Å²) in [7, 11) is 1.31. The Morgan fingerprint density at radius 3 is 2.71 bits per heavy atom. The van der Waals surface area contributed by atoms with Gasteiger partial charge in [0, 0.05) is 10.7 Å². The van der Waals surface area contributed by atoms with E-state index in [1.165, 1.54) is 11.8 Å². The summed E-state index contributed by atoms with van der Waals surface area (Å²) in [5.41, 5.74) is 1.66. The molecule has 6 nitrogen and oxygen atoms in total. The van der Waals surface area contributed by atoms with Gasteiger partial charge in [-0.3, -0.25) is 9.59 Å². The van der Waals surface area contributed by atoms with Gasteiger partial charge < -0.3 is 10.1 Å². The van der Waals surface area contributed by atoms with Gasteiger partial charge in [-0.2, -0.15) is 5.10 Å². The van der Waals surface area contributed by atoms with Crippen LogP contribution in [-0.2, 0) is 9.53 Å². The summed E-state index contributed by atoms with van der Waals surface area (Å²) >= 11 is 9.59. The van der Waals surface area contributed by atoms with E-state index < -0.39 is 17.9 Å². The molecule has 0 aliphatic heterocycles. The number of ether oxygens (including phenoxy) is 1. The lowest BCUT2D eigenvalue weighted by Crippen LogP contribution is -2.31. The molecule has 28 heavy (non-hydrogen) atoms. The van der Waals surface area contributed by atoms with Crippen LogP contribution in [0, 0.1) is 0 Å². The van der Waals surface area contributed by atoms with Crippen LogP contribution >= 0.6 is 27.5 Å². The maximum absolute atomic E-state index is 12.7. The van der Waals surface area contributed by atoms with E-state index in [2.05, 4.69) is 26.3 Å². The molecule has 0 aliphatic carbocycles. The fourth-order valence-corrected chi connectivity index (χ4v) is 3.31. The second-order valence-electron chi connectivity index (χ2n) is 5.96. The van der Waals surface area contributed by atoms with E-state index in [0.29, 0.717) is 10.7 Å². The minimum absolute atomic E-state index is 0.00388. The summed E-state index contributed by atoms with van der Waals surface area (Å²) in [6, 6.07) is 15.6. The highest BCUT2D eigenvalue weighted by Crippen LogP contribution is 2.23. The minimum atomic E-state index is -0.553. The monoisotopic (exact) mass is 461 g/mol. The van der Waals surface area contributed by atoms with Crippen molar-refractivity contribution in [1.82, 2.24) is 15.1 Å². The smallest absolute Gasteiger partial charge is 0.307 e. The van der Waals surface area contributed by atoms with Gasteiger partial charge in [-0.25, -0.2) is 4.68 Å². The van der Waals surface area contributed by atoms with E-state index in [-0.39, 0.29) is 12.1 Å². The van der Waals surface area contributed by atoms with Crippen molar-refractivity contribution in [2.45, 2.75) is 12.5 Å². The second-order valence-corrected chi connectivity index (χ2v) is 7.28. The average molecular weight is 463 g/mol. The molecular weight excluding hydrogens is 446 g/mol. The lowest BCUT2D eigenvalue weighted by molar-refractivity contribution is -0.141. The fourth-order valence-electron chi connectivity index (χ4n) is 2.67. The number of methoxy groups -OCH3 is 1. The predicted molar refractivity (Wildman–Crippen MR) is 110 cm³/mol. The van der Waals surface area contributed by atoms with Crippen LogP contribution in [0.2, 0.25) is 5.02 Å². The first kappa shape index (κ1) is 20.1. The molecule has 0 bridgehead atoms. The number of carbonyl (C=O) groups excluding carboxylic acids is 2. The number of rotatable bonds is 6. The number of para-hydroxylation sites is 1. The molecule has 0 radical (unpaired) electrons. The fraction of sp³-hybridized carbons (Fsp3) is 0.150. The van der Waals surface area contributed by atoms with Gasteiger partial charge in [0.05, 0.1) is 30.3 Å². The molecule has 1 atom stereocenters. The lowest BCUT2D eigenvalue weighted by atomic mass is 10.0. The largest absolute Gasteiger partial charge is 0.469 e. The number of halogens is 2. The number of aromatic nitrogens is 2. The van der Waals surface area contributed by atoms with Crippen LogP contribution in [0.3, 0.4) is 0 Å². The molecule has 8 heteroatoms. The van der Waals surface area contributed by atoms with Gasteiger partial charge in [0.2, 0.25) is 0 Å². The highest BCUT2D eigenvalue weighted by molar-refractivity contribution is 9.10. The van der Waals surface area contributed by atoms with E-state index >= 15 is 0 Å². The van der Waals surface area contributed by atoms with Crippen molar-refractivity contribution in [2.24, 2.45) is 0 Å². The third-order valence-electron chi connectivity index (χ3n) is 4.08. The molecule has 144 valence electrons. The zero-order chi connectivity index (χ0) is 20.1. The Labute approximate surface area is 175 Å². The molecule has 1 N–H and O–H groups in total. The van der Waals surface area contributed by atoms with Crippen LogP contribution < -0.4 is 5.32 Å². The number of amides is 1. The van der Waals surface area contributed by atoms with Crippen molar-refractivity contribution in [3.05, 3.63) is 81.5 Å². The van der Waals surface area contributed by atoms with Gasteiger partial charge >= 0.3 is 5.97 Å². The first-order chi connectivity index (χ1) is 13.5. The van der Waals surface area contributed by atoms with E-state index in [9.17, 15) is 9.59 Å². The number of nitrogens with zero attached hydrogens (tertiary/aromatic N) is 2. The van der Waals surface area contributed by atoms with Gasteiger partial charge in [-0.05, 0) is 35.9 Å². The Hall–Kier alpha value is -2.64. The normalized spacial score (nSPS) is 11.7. The zero-order valence-electron chi connectivity index (χ0n) is 14.9. The Bertz CT molecular complexity index is 1010. The number of nitrogens with one attached hydrogen (secondary N) is 1.